The van der Waals surface area contributed by atoms with Gasteiger partial charge in [0, 0.05) is 16.4 Å². The summed E-state index contributed by atoms with van der Waals surface area (Å²) in [6.45, 7) is 0. The first-order valence-corrected chi connectivity index (χ1v) is 5.14. The number of hydrogen-bond donors (Lipinski definition) is 2. The van der Waals surface area contributed by atoms with Crippen molar-refractivity contribution in [1.29, 1.82) is 0 Å². The minimum absolute atomic E-state index is 0.266. The number of aromatic amines is 1. The highest BCUT2D eigenvalue weighted by Gasteiger charge is 2.09. The monoisotopic (exact) mass is 265 g/mol. The largest absolute Gasteiger partial charge is 0.478 e. The topological polar surface area (TPSA) is 53.1 Å². The lowest BCUT2D eigenvalue weighted by molar-refractivity contribution is 0.0696. The molecule has 76 valence electrons. The smallest absolute Gasteiger partial charge is 0.336 e. The van der Waals surface area contributed by atoms with E-state index in [9.17, 15) is 4.79 Å². The Bertz CT molecular complexity index is 491. The number of H-pyrrole nitrogens is 1. The number of rotatable bonds is 2. The van der Waals surface area contributed by atoms with E-state index in [1.54, 1.807) is 18.3 Å². The number of carboxylic acids is 1. The van der Waals surface area contributed by atoms with Gasteiger partial charge in [0.2, 0.25) is 0 Å². The molecule has 3 nitrogen and oxygen atoms in total. The van der Waals surface area contributed by atoms with Crippen molar-refractivity contribution >= 4 is 21.9 Å². The van der Waals surface area contributed by atoms with Crippen LogP contribution >= 0.6 is 15.9 Å². The van der Waals surface area contributed by atoms with Crippen molar-refractivity contribution in [2.45, 2.75) is 0 Å². The molecule has 1 aromatic heterocycles. The molecule has 1 heterocycles. The van der Waals surface area contributed by atoms with Gasteiger partial charge in [-0.3, -0.25) is 0 Å². The fraction of sp³-hybridized carbons (Fsp3) is 0. The fourth-order valence-corrected chi connectivity index (χ4v) is 1.78. The Hall–Kier alpha value is -1.55. The van der Waals surface area contributed by atoms with Gasteiger partial charge in [-0.25, -0.2) is 4.79 Å². The Kier molecular flexibility index (Phi) is 2.60. The van der Waals surface area contributed by atoms with Gasteiger partial charge in [-0.05, 0) is 45.8 Å². The Balaban J connectivity index is 2.52. The van der Waals surface area contributed by atoms with Gasteiger partial charge in [-0.2, -0.15) is 0 Å². The second kappa shape index (κ2) is 3.90. The number of benzene rings is 1. The van der Waals surface area contributed by atoms with Gasteiger partial charge < -0.3 is 10.1 Å². The molecule has 0 radical (unpaired) electrons. The summed E-state index contributed by atoms with van der Waals surface area (Å²) >= 11 is 3.20. The molecule has 2 rings (SSSR count). The predicted molar refractivity (Wildman–Crippen MR) is 60.9 cm³/mol. The highest BCUT2D eigenvalue weighted by Crippen LogP contribution is 2.24. The zero-order chi connectivity index (χ0) is 10.8. The Morgan fingerprint density at radius 2 is 2.13 bits per heavy atom. The molecule has 2 aromatic rings. The first kappa shape index (κ1) is 9.98. The second-order valence-corrected chi connectivity index (χ2v) is 3.94. The van der Waals surface area contributed by atoms with Crippen LogP contribution in [0.4, 0.5) is 0 Å². The quantitative estimate of drug-likeness (QED) is 0.877. The van der Waals surface area contributed by atoms with Crippen molar-refractivity contribution in [3.63, 3.8) is 0 Å². The summed E-state index contributed by atoms with van der Waals surface area (Å²) in [6, 6.07) is 9.01. The van der Waals surface area contributed by atoms with Crippen LogP contribution in [0.2, 0.25) is 0 Å². The lowest BCUT2D eigenvalue weighted by Gasteiger charge is -2.02. The van der Waals surface area contributed by atoms with Gasteiger partial charge in [0.1, 0.15) is 0 Å². The highest BCUT2D eigenvalue weighted by atomic mass is 79.9. The number of nitrogens with one attached hydrogen (secondary N) is 1. The first-order valence-electron chi connectivity index (χ1n) is 4.35. The van der Waals surface area contributed by atoms with Gasteiger partial charge in [0.25, 0.3) is 0 Å². The molecule has 1 aromatic carbocycles. The lowest BCUT2D eigenvalue weighted by atomic mass is 10.1. The summed E-state index contributed by atoms with van der Waals surface area (Å²) in [5.41, 5.74) is 2.03. The summed E-state index contributed by atoms with van der Waals surface area (Å²) < 4.78 is 0.588. The van der Waals surface area contributed by atoms with Crippen LogP contribution in [0, 0.1) is 0 Å². The second-order valence-electron chi connectivity index (χ2n) is 3.08. The number of carbonyl (C=O) groups is 1. The SMILES string of the molecule is O=C(O)c1cc(-c2ccc[nH]2)ccc1Br. The van der Waals surface area contributed by atoms with Crippen LogP contribution in [0.1, 0.15) is 10.4 Å². The van der Waals surface area contributed by atoms with Crippen LogP contribution in [0.15, 0.2) is 41.0 Å². The maximum atomic E-state index is 10.9. The molecule has 15 heavy (non-hydrogen) atoms. The zero-order valence-corrected chi connectivity index (χ0v) is 9.28. The Labute approximate surface area is 94.9 Å². The standard InChI is InChI=1S/C11H8BrNO2/c12-9-4-3-7(6-8(9)11(14)15)10-2-1-5-13-10/h1-6,13H,(H,14,15). The van der Waals surface area contributed by atoms with Crippen molar-refractivity contribution < 1.29 is 9.90 Å². The number of hydrogen-bond acceptors (Lipinski definition) is 1. The molecule has 0 bridgehead atoms. The summed E-state index contributed by atoms with van der Waals surface area (Å²) in [5, 5.41) is 8.95. The van der Waals surface area contributed by atoms with E-state index in [4.69, 9.17) is 5.11 Å². The highest BCUT2D eigenvalue weighted by molar-refractivity contribution is 9.10. The Morgan fingerprint density at radius 3 is 2.73 bits per heavy atom. The third-order valence-electron chi connectivity index (χ3n) is 2.11. The molecule has 0 aliphatic carbocycles. The molecule has 4 heteroatoms. The predicted octanol–water partition coefficient (Wildman–Crippen LogP) is 3.14. The summed E-state index contributed by atoms with van der Waals surface area (Å²) in [4.78, 5) is 13.9. The van der Waals surface area contributed by atoms with Crippen molar-refractivity contribution in [2.75, 3.05) is 0 Å². The van der Waals surface area contributed by atoms with E-state index < -0.39 is 5.97 Å². The first-order chi connectivity index (χ1) is 7.18. The molecule has 0 amide bonds. The molecule has 0 spiro atoms. The van der Waals surface area contributed by atoms with E-state index in [0.717, 1.165) is 11.3 Å². The average Bonchev–Trinajstić information content (AvgIpc) is 2.71. The molecule has 0 aliphatic heterocycles. The molecule has 0 saturated carbocycles. The lowest BCUT2D eigenvalue weighted by Crippen LogP contribution is -1.97. The molecule has 0 fully saturated rings. The normalized spacial score (nSPS) is 10.2. The molecule has 0 aliphatic rings. The van der Waals surface area contributed by atoms with Gasteiger partial charge >= 0.3 is 5.97 Å². The number of halogens is 1. The van der Waals surface area contributed by atoms with Crippen LogP contribution in [-0.4, -0.2) is 16.1 Å². The number of aromatic nitrogens is 1. The molecule has 0 saturated heterocycles. The third kappa shape index (κ3) is 1.94. The number of aromatic carboxylic acids is 1. The summed E-state index contributed by atoms with van der Waals surface area (Å²) in [7, 11) is 0. The van der Waals surface area contributed by atoms with Crippen LogP contribution < -0.4 is 0 Å². The maximum absolute atomic E-state index is 10.9. The average molecular weight is 266 g/mol. The van der Waals surface area contributed by atoms with Crippen LogP contribution in [0.3, 0.4) is 0 Å². The minimum Gasteiger partial charge on any atom is -0.478 e. The Morgan fingerprint density at radius 1 is 1.33 bits per heavy atom. The van der Waals surface area contributed by atoms with Crippen LogP contribution in [-0.2, 0) is 0 Å². The van der Waals surface area contributed by atoms with E-state index in [-0.39, 0.29) is 5.56 Å². The zero-order valence-electron chi connectivity index (χ0n) is 7.70. The molecule has 0 unspecified atom stereocenters. The maximum Gasteiger partial charge on any atom is 0.336 e. The van der Waals surface area contributed by atoms with Gasteiger partial charge in [0.05, 0.1) is 5.56 Å². The van der Waals surface area contributed by atoms with Crippen LogP contribution in [0.25, 0.3) is 11.3 Å². The number of carboxylic acid groups (broad SMARTS) is 1. The molecular formula is C11H8BrNO2. The van der Waals surface area contributed by atoms with Gasteiger partial charge in [0.15, 0.2) is 0 Å². The van der Waals surface area contributed by atoms with Crippen molar-refractivity contribution in [3.05, 3.63) is 46.6 Å². The van der Waals surface area contributed by atoms with E-state index in [1.807, 2.05) is 18.2 Å². The van der Waals surface area contributed by atoms with Gasteiger partial charge in [-0.1, -0.05) is 6.07 Å². The molecule has 0 atom stereocenters. The third-order valence-corrected chi connectivity index (χ3v) is 2.80. The molecular weight excluding hydrogens is 258 g/mol. The van der Waals surface area contributed by atoms with E-state index in [2.05, 4.69) is 20.9 Å². The minimum atomic E-state index is -0.935. The van der Waals surface area contributed by atoms with E-state index in [1.165, 1.54) is 0 Å². The summed E-state index contributed by atoms with van der Waals surface area (Å²) in [5.74, 6) is -0.935. The van der Waals surface area contributed by atoms with Crippen molar-refractivity contribution in [1.82, 2.24) is 4.98 Å². The van der Waals surface area contributed by atoms with Crippen LogP contribution in [0.5, 0.6) is 0 Å². The van der Waals surface area contributed by atoms with E-state index in [0.29, 0.717) is 4.47 Å². The summed E-state index contributed by atoms with van der Waals surface area (Å²) in [6.07, 6.45) is 1.80. The van der Waals surface area contributed by atoms with Gasteiger partial charge in [-0.15, -0.1) is 0 Å². The van der Waals surface area contributed by atoms with Crippen molar-refractivity contribution in [3.8, 4) is 11.3 Å². The molecule has 2 N–H and O–H groups in total. The van der Waals surface area contributed by atoms with E-state index >= 15 is 0 Å². The fourth-order valence-electron chi connectivity index (χ4n) is 1.37. The van der Waals surface area contributed by atoms with Crippen molar-refractivity contribution in [2.24, 2.45) is 0 Å².